The maximum atomic E-state index is 14.9. The topological polar surface area (TPSA) is 79.0 Å². The van der Waals surface area contributed by atoms with Gasteiger partial charge in [0, 0.05) is 6.54 Å². The minimum Gasteiger partial charge on any atom is -0.410 e. The summed E-state index contributed by atoms with van der Waals surface area (Å²) in [7, 11) is 0. The van der Waals surface area contributed by atoms with Crippen LogP contribution in [-0.2, 0) is 9.59 Å². The van der Waals surface area contributed by atoms with Crippen LogP contribution in [0.2, 0.25) is 0 Å². The molecule has 3 amide bonds. The van der Waals surface area contributed by atoms with Gasteiger partial charge in [0.05, 0.1) is 17.1 Å². The number of anilines is 3. The van der Waals surface area contributed by atoms with Crippen molar-refractivity contribution in [3.8, 4) is 5.75 Å². The first-order valence-corrected chi connectivity index (χ1v) is 11.4. The van der Waals surface area contributed by atoms with Crippen molar-refractivity contribution in [2.75, 3.05) is 16.3 Å². The molecule has 0 spiro atoms. The molecule has 0 bridgehead atoms. The Balaban J connectivity index is 1.77. The number of nitrogens with zero attached hydrogens (tertiary/aromatic N) is 2. The number of ether oxygens (including phenoxy) is 1. The van der Waals surface area contributed by atoms with Crippen molar-refractivity contribution in [2.45, 2.75) is 26.3 Å². The van der Waals surface area contributed by atoms with Crippen molar-refractivity contribution in [2.24, 2.45) is 5.92 Å². The van der Waals surface area contributed by atoms with E-state index in [4.69, 9.17) is 4.74 Å². The maximum absolute atomic E-state index is 14.9. The summed E-state index contributed by atoms with van der Waals surface area (Å²) in [5.41, 5.74) is 0.780. The molecule has 8 heteroatoms. The van der Waals surface area contributed by atoms with Crippen LogP contribution >= 0.6 is 0 Å². The summed E-state index contributed by atoms with van der Waals surface area (Å²) in [4.78, 5) is 42.8. The van der Waals surface area contributed by atoms with Gasteiger partial charge in [-0.25, -0.2) is 9.18 Å². The van der Waals surface area contributed by atoms with Gasteiger partial charge in [0.15, 0.2) is 6.04 Å². The van der Waals surface area contributed by atoms with Crippen LogP contribution < -0.4 is 19.9 Å². The predicted octanol–water partition coefficient (Wildman–Crippen LogP) is 5.04. The van der Waals surface area contributed by atoms with E-state index in [1.165, 1.54) is 23.1 Å². The van der Waals surface area contributed by atoms with Gasteiger partial charge in [-0.2, -0.15) is 0 Å². The Morgan fingerprint density at radius 3 is 2.14 bits per heavy atom. The van der Waals surface area contributed by atoms with Crippen LogP contribution in [0.1, 0.15) is 20.3 Å². The van der Waals surface area contributed by atoms with Crippen LogP contribution in [0.5, 0.6) is 5.75 Å². The van der Waals surface area contributed by atoms with Crippen LogP contribution in [0.3, 0.4) is 0 Å². The Morgan fingerprint density at radius 2 is 1.49 bits per heavy atom. The fourth-order valence-electron chi connectivity index (χ4n) is 3.88. The third-order valence-corrected chi connectivity index (χ3v) is 5.63. The number of nitrogens with one attached hydrogen (secondary N) is 1. The van der Waals surface area contributed by atoms with Crippen LogP contribution in [0.15, 0.2) is 78.9 Å². The average molecular weight is 476 g/mol. The van der Waals surface area contributed by atoms with Crippen molar-refractivity contribution in [3.63, 3.8) is 0 Å². The Bertz CT molecular complexity index is 1230. The molecule has 3 aromatic rings. The fourth-order valence-corrected chi connectivity index (χ4v) is 3.88. The Kier molecular flexibility index (Phi) is 7.10. The molecule has 0 saturated carbocycles. The number of benzene rings is 3. The van der Waals surface area contributed by atoms with Crippen molar-refractivity contribution in [1.82, 2.24) is 5.32 Å². The molecule has 0 fully saturated rings. The molecule has 1 N–H and O–H groups in total. The van der Waals surface area contributed by atoms with Gasteiger partial charge < -0.3 is 15.0 Å². The molecule has 3 aromatic carbocycles. The first-order chi connectivity index (χ1) is 16.9. The van der Waals surface area contributed by atoms with Gasteiger partial charge >= 0.3 is 6.09 Å². The van der Waals surface area contributed by atoms with E-state index in [-0.39, 0.29) is 17.4 Å². The van der Waals surface area contributed by atoms with Crippen LogP contribution in [0.25, 0.3) is 0 Å². The molecule has 4 rings (SSSR count). The summed E-state index contributed by atoms with van der Waals surface area (Å²) in [6, 6.07) is 19.3. The Hall–Kier alpha value is -4.20. The van der Waals surface area contributed by atoms with Gasteiger partial charge in [-0.05, 0) is 48.7 Å². The molecule has 1 aliphatic heterocycles. The average Bonchev–Trinajstić information content (AvgIpc) is 2.92. The molecule has 0 aliphatic carbocycles. The molecular weight excluding hydrogens is 449 g/mol. The van der Waals surface area contributed by atoms with E-state index in [0.29, 0.717) is 24.3 Å². The normalized spacial score (nSPS) is 15.6. The van der Waals surface area contributed by atoms with E-state index in [0.717, 1.165) is 4.90 Å². The Morgan fingerprint density at radius 1 is 0.886 bits per heavy atom. The van der Waals surface area contributed by atoms with Gasteiger partial charge in [-0.1, -0.05) is 56.3 Å². The summed E-state index contributed by atoms with van der Waals surface area (Å²) >= 11 is 0. The summed E-state index contributed by atoms with van der Waals surface area (Å²) in [6.45, 7) is 4.37. The largest absolute Gasteiger partial charge is 0.413 e. The van der Waals surface area contributed by atoms with Gasteiger partial charge in [-0.3, -0.25) is 14.5 Å². The monoisotopic (exact) mass is 475 g/mol. The summed E-state index contributed by atoms with van der Waals surface area (Å²) < 4.78 is 20.2. The smallest absolute Gasteiger partial charge is 0.410 e. The third-order valence-electron chi connectivity index (χ3n) is 5.63. The van der Waals surface area contributed by atoms with Gasteiger partial charge in [0.2, 0.25) is 0 Å². The predicted molar refractivity (Wildman–Crippen MR) is 131 cm³/mol. The fraction of sp³-hybridized carbons (Fsp3) is 0.222. The lowest BCUT2D eigenvalue weighted by atomic mass is 10.1. The molecule has 0 aromatic heterocycles. The van der Waals surface area contributed by atoms with E-state index in [2.05, 4.69) is 5.32 Å². The first-order valence-electron chi connectivity index (χ1n) is 11.4. The second-order valence-corrected chi connectivity index (χ2v) is 8.57. The molecule has 35 heavy (non-hydrogen) atoms. The number of fused-ring (bicyclic) bond motifs is 1. The highest BCUT2D eigenvalue weighted by atomic mass is 19.1. The second-order valence-electron chi connectivity index (χ2n) is 8.57. The minimum atomic E-state index is -1.62. The van der Waals surface area contributed by atoms with Gasteiger partial charge in [0.25, 0.3) is 11.8 Å². The number of halogens is 1. The van der Waals surface area contributed by atoms with E-state index >= 15 is 0 Å². The number of rotatable bonds is 6. The van der Waals surface area contributed by atoms with Crippen molar-refractivity contribution >= 4 is 35.0 Å². The number of para-hydroxylation sites is 4. The second kappa shape index (κ2) is 10.4. The standard InChI is InChI=1S/C27H26FN3O4/c1-18(2)16-17-30-22-14-8-9-15-23(22)31(21-13-7-6-12-20(21)28)26(33)24(25(30)32)29-27(34)35-19-10-4-3-5-11-19/h3-15,18,24H,16-17H2,1-2H3,(H,29,34). The van der Waals surface area contributed by atoms with Crippen LogP contribution in [0, 0.1) is 11.7 Å². The minimum absolute atomic E-state index is 0.0216. The zero-order valence-electron chi connectivity index (χ0n) is 19.5. The molecule has 1 unspecified atom stereocenters. The molecule has 1 heterocycles. The maximum Gasteiger partial charge on any atom is 0.413 e. The van der Waals surface area contributed by atoms with Crippen molar-refractivity contribution < 1.29 is 23.5 Å². The van der Waals surface area contributed by atoms with E-state index < -0.39 is 29.8 Å². The molecule has 0 radical (unpaired) electrons. The summed E-state index contributed by atoms with van der Waals surface area (Å²) in [6.07, 6.45) is -0.305. The SMILES string of the molecule is CC(C)CCN1C(=O)C(NC(=O)Oc2ccccc2)C(=O)N(c2ccccc2F)c2ccccc21. The van der Waals surface area contributed by atoms with Crippen molar-refractivity contribution in [3.05, 3.63) is 84.7 Å². The molecule has 0 saturated heterocycles. The zero-order valence-corrected chi connectivity index (χ0v) is 19.5. The highest BCUT2D eigenvalue weighted by Crippen LogP contribution is 2.39. The third kappa shape index (κ3) is 5.16. The lowest BCUT2D eigenvalue weighted by molar-refractivity contribution is -0.128. The molecular formula is C27H26FN3O4. The molecule has 1 atom stereocenters. The van der Waals surface area contributed by atoms with Crippen LogP contribution in [-0.4, -0.2) is 30.5 Å². The molecule has 7 nitrogen and oxygen atoms in total. The number of carbonyl (C=O) groups excluding carboxylic acids is 3. The lowest BCUT2D eigenvalue weighted by Crippen LogP contribution is -2.55. The quantitative estimate of drug-likeness (QED) is 0.507. The van der Waals surface area contributed by atoms with E-state index in [1.54, 1.807) is 60.7 Å². The zero-order chi connectivity index (χ0) is 24.9. The number of carbonyl (C=O) groups is 3. The van der Waals surface area contributed by atoms with Gasteiger partial charge in [-0.15, -0.1) is 0 Å². The Labute approximate surface area is 203 Å². The van der Waals surface area contributed by atoms with E-state index in [9.17, 15) is 18.8 Å². The number of hydrogen-bond acceptors (Lipinski definition) is 4. The molecule has 1 aliphatic rings. The van der Waals surface area contributed by atoms with Gasteiger partial charge in [0.1, 0.15) is 11.6 Å². The first kappa shape index (κ1) is 23.9. The summed E-state index contributed by atoms with van der Waals surface area (Å²) in [5.74, 6) is -1.50. The number of amides is 3. The lowest BCUT2D eigenvalue weighted by Gasteiger charge is -2.26. The van der Waals surface area contributed by atoms with E-state index in [1.807, 2.05) is 13.8 Å². The van der Waals surface area contributed by atoms with Crippen LogP contribution in [0.4, 0.5) is 26.2 Å². The van der Waals surface area contributed by atoms with Crippen molar-refractivity contribution in [1.29, 1.82) is 0 Å². The molecule has 180 valence electrons. The highest BCUT2D eigenvalue weighted by molar-refractivity contribution is 6.23. The summed E-state index contributed by atoms with van der Waals surface area (Å²) in [5, 5.41) is 2.41. The number of hydrogen-bond donors (Lipinski definition) is 1. The highest BCUT2D eigenvalue weighted by Gasteiger charge is 2.42.